The Bertz CT molecular complexity index is 1070. The minimum atomic E-state index is -4.20. The molecule has 0 spiro atoms. The van der Waals surface area contributed by atoms with Crippen LogP contribution < -0.4 is 14.9 Å². The number of nitro groups is 1. The minimum absolute atomic E-state index is 0.201. The fraction of sp³-hybridized carbons (Fsp3) is 0.636. The van der Waals surface area contributed by atoms with Gasteiger partial charge in [0.15, 0.2) is 6.61 Å². The summed E-state index contributed by atoms with van der Waals surface area (Å²) in [6, 6.07) is 3.47. The van der Waals surface area contributed by atoms with E-state index < -0.39 is 34.1 Å². The zero-order valence-electron chi connectivity index (χ0n) is 19.3. The standard InChI is InChI=1S/C22H30N4O7S/c1-25(2)18-4-3-17(8-19(18)26(29)30)34(31,32)23-12-21(28)33-13-20(27)24-22-9-14-5-15(10-22)7-16(6-14)11-22/h3-4,8,14-16,23H,5-7,9-13H2,1-2H3,(H,24,27). The second-order valence-electron chi connectivity index (χ2n) is 10.0. The third-order valence-electron chi connectivity index (χ3n) is 7.15. The summed E-state index contributed by atoms with van der Waals surface area (Å²) in [5, 5.41) is 14.4. The van der Waals surface area contributed by atoms with Crippen LogP contribution in [0.1, 0.15) is 38.5 Å². The van der Waals surface area contributed by atoms with Gasteiger partial charge in [-0.3, -0.25) is 19.7 Å². The fourth-order valence-electron chi connectivity index (χ4n) is 6.22. The van der Waals surface area contributed by atoms with Crippen LogP contribution in [-0.4, -0.2) is 58.0 Å². The van der Waals surface area contributed by atoms with Crippen LogP contribution in [0.5, 0.6) is 0 Å². The third kappa shape index (κ3) is 5.17. The maximum Gasteiger partial charge on any atom is 0.321 e. The van der Waals surface area contributed by atoms with Gasteiger partial charge in [-0.25, -0.2) is 8.42 Å². The van der Waals surface area contributed by atoms with Crippen LogP contribution in [0.15, 0.2) is 23.1 Å². The van der Waals surface area contributed by atoms with Gasteiger partial charge in [0, 0.05) is 25.7 Å². The molecule has 1 aromatic carbocycles. The summed E-state index contributed by atoms with van der Waals surface area (Å²) in [7, 11) is -1.00. The second kappa shape index (κ2) is 9.14. The van der Waals surface area contributed by atoms with Gasteiger partial charge >= 0.3 is 5.97 Å². The van der Waals surface area contributed by atoms with E-state index in [1.54, 1.807) is 14.1 Å². The summed E-state index contributed by atoms with van der Waals surface area (Å²) >= 11 is 0. The predicted octanol–water partition coefficient (Wildman–Crippen LogP) is 1.57. The SMILES string of the molecule is CN(C)c1ccc(S(=O)(=O)NCC(=O)OCC(=O)NC23CC4CC(CC(C4)C2)C3)cc1[N+](=O)[O-]. The number of benzene rings is 1. The molecule has 1 aromatic rings. The number of hydrogen-bond donors (Lipinski definition) is 2. The Labute approximate surface area is 198 Å². The number of anilines is 1. The maximum absolute atomic E-state index is 12.5. The number of carbonyl (C=O) groups excluding carboxylic acids is 2. The second-order valence-corrected chi connectivity index (χ2v) is 11.8. The van der Waals surface area contributed by atoms with E-state index in [4.69, 9.17) is 4.74 Å². The first-order chi connectivity index (χ1) is 16.0. The van der Waals surface area contributed by atoms with E-state index >= 15 is 0 Å². The Morgan fingerprint density at radius 1 is 1.15 bits per heavy atom. The molecular formula is C22H30N4O7S. The molecule has 186 valence electrons. The van der Waals surface area contributed by atoms with E-state index in [-0.39, 0.29) is 27.7 Å². The highest BCUT2D eigenvalue weighted by Gasteiger charge is 2.51. The largest absolute Gasteiger partial charge is 0.455 e. The number of hydrogen-bond acceptors (Lipinski definition) is 8. The molecule has 1 amide bonds. The lowest BCUT2D eigenvalue weighted by Gasteiger charge is -2.56. The van der Waals surface area contributed by atoms with Crippen LogP contribution in [0.25, 0.3) is 0 Å². The van der Waals surface area contributed by atoms with Gasteiger partial charge in [-0.05, 0) is 68.4 Å². The molecule has 4 bridgehead atoms. The molecule has 2 N–H and O–H groups in total. The zero-order chi connectivity index (χ0) is 24.7. The summed E-state index contributed by atoms with van der Waals surface area (Å²) in [5.41, 5.74) is -0.335. The van der Waals surface area contributed by atoms with Crippen LogP contribution in [0, 0.1) is 27.9 Å². The van der Waals surface area contributed by atoms with Gasteiger partial charge in [0.1, 0.15) is 12.2 Å². The summed E-state index contributed by atoms with van der Waals surface area (Å²) in [6.07, 6.45) is 6.63. The average Bonchev–Trinajstić information content (AvgIpc) is 2.74. The third-order valence-corrected chi connectivity index (χ3v) is 8.55. The van der Waals surface area contributed by atoms with Crippen LogP contribution in [0.3, 0.4) is 0 Å². The first-order valence-electron chi connectivity index (χ1n) is 11.4. The number of esters is 1. The molecule has 0 saturated heterocycles. The number of carbonyl (C=O) groups is 2. The number of sulfonamides is 1. The number of amides is 1. The first-order valence-corrected chi connectivity index (χ1v) is 12.9. The monoisotopic (exact) mass is 494 g/mol. The van der Waals surface area contributed by atoms with Crippen molar-refractivity contribution in [3.05, 3.63) is 28.3 Å². The molecule has 4 aliphatic rings. The molecule has 0 aromatic heterocycles. The van der Waals surface area contributed by atoms with Crippen molar-refractivity contribution in [3.63, 3.8) is 0 Å². The number of rotatable bonds is 9. The Morgan fingerprint density at radius 2 is 1.74 bits per heavy atom. The number of nitrogens with zero attached hydrogens (tertiary/aromatic N) is 2. The van der Waals surface area contributed by atoms with E-state index in [1.807, 2.05) is 0 Å². The van der Waals surface area contributed by atoms with E-state index in [9.17, 15) is 28.1 Å². The number of nitrogens with one attached hydrogen (secondary N) is 2. The highest BCUT2D eigenvalue weighted by Crippen LogP contribution is 2.55. The first kappa shape index (κ1) is 24.4. The topological polar surface area (TPSA) is 148 Å². The highest BCUT2D eigenvalue weighted by atomic mass is 32.2. The highest BCUT2D eigenvalue weighted by molar-refractivity contribution is 7.89. The summed E-state index contributed by atoms with van der Waals surface area (Å²) in [4.78, 5) is 36.3. The summed E-state index contributed by atoms with van der Waals surface area (Å²) in [6.45, 7) is -1.18. The molecule has 0 heterocycles. The number of nitro benzene ring substituents is 1. The van der Waals surface area contributed by atoms with Crippen molar-refractivity contribution >= 4 is 33.3 Å². The van der Waals surface area contributed by atoms with Crippen molar-refractivity contribution in [2.75, 3.05) is 32.1 Å². The van der Waals surface area contributed by atoms with Gasteiger partial charge in [-0.2, -0.15) is 4.72 Å². The average molecular weight is 495 g/mol. The summed E-state index contributed by atoms with van der Waals surface area (Å²) in [5.74, 6) is 0.681. The van der Waals surface area contributed by atoms with Crippen molar-refractivity contribution in [2.45, 2.75) is 49.0 Å². The minimum Gasteiger partial charge on any atom is -0.455 e. The predicted molar refractivity (Wildman–Crippen MR) is 123 cm³/mol. The van der Waals surface area contributed by atoms with Crippen molar-refractivity contribution in [1.29, 1.82) is 0 Å². The Balaban J connectivity index is 1.29. The smallest absolute Gasteiger partial charge is 0.321 e. The van der Waals surface area contributed by atoms with E-state index in [0.29, 0.717) is 17.8 Å². The van der Waals surface area contributed by atoms with E-state index in [1.165, 1.54) is 36.3 Å². The molecule has 0 atom stereocenters. The van der Waals surface area contributed by atoms with Crippen molar-refractivity contribution in [2.24, 2.45) is 17.8 Å². The van der Waals surface area contributed by atoms with Gasteiger partial charge in [0.05, 0.1) is 9.82 Å². The van der Waals surface area contributed by atoms with Crippen LogP contribution >= 0.6 is 0 Å². The lowest BCUT2D eigenvalue weighted by Crippen LogP contribution is -2.60. The molecule has 0 aliphatic heterocycles. The fourth-order valence-corrected chi connectivity index (χ4v) is 7.21. The van der Waals surface area contributed by atoms with Crippen LogP contribution in [-0.2, 0) is 24.3 Å². The maximum atomic E-state index is 12.5. The molecule has 4 fully saturated rings. The molecule has 0 radical (unpaired) electrons. The van der Waals surface area contributed by atoms with Gasteiger partial charge in [-0.15, -0.1) is 0 Å². The van der Waals surface area contributed by atoms with Crippen molar-refractivity contribution in [1.82, 2.24) is 10.0 Å². The van der Waals surface area contributed by atoms with Crippen LogP contribution in [0.2, 0.25) is 0 Å². The molecule has 4 saturated carbocycles. The molecular weight excluding hydrogens is 464 g/mol. The lowest BCUT2D eigenvalue weighted by atomic mass is 9.53. The molecule has 12 heteroatoms. The van der Waals surface area contributed by atoms with Crippen LogP contribution in [0.4, 0.5) is 11.4 Å². The molecule has 4 aliphatic carbocycles. The van der Waals surface area contributed by atoms with E-state index in [0.717, 1.165) is 25.3 Å². The molecule has 0 unspecified atom stereocenters. The number of ether oxygens (including phenoxy) is 1. The normalized spacial score (nSPS) is 27.3. The molecule has 5 rings (SSSR count). The zero-order valence-corrected chi connectivity index (χ0v) is 20.1. The van der Waals surface area contributed by atoms with Crippen molar-refractivity contribution < 1.29 is 27.7 Å². The quantitative estimate of drug-likeness (QED) is 0.299. The molecule has 34 heavy (non-hydrogen) atoms. The van der Waals surface area contributed by atoms with Crippen molar-refractivity contribution in [3.8, 4) is 0 Å². The summed E-state index contributed by atoms with van der Waals surface area (Å²) < 4.78 is 32.1. The lowest BCUT2D eigenvalue weighted by molar-refractivity contribution is -0.384. The van der Waals surface area contributed by atoms with E-state index in [2.05, 4.69) is 10.0 Å². The molecule has 11 nitrogen and oxygen atoms in total. The Hall–Kier alpha value is -2.73. The van der Waals surface area contributed by atoms with Gasteiger partial charge < -0.3 is 15.0 Å². The Morgan fingerprint density at radius 3 is 2.26 bits per heavy atom. The van der Waals surface area contributed by atoms with Gasteiger partial charge in [0.25, 0.3) is 11.6 Å². The van der Waals surface area contributed by atoms with Gasteiger partial charge in [-0.1, -0.05) is 0 Å². The Kier molecular flexibility index (Phi) is 6.56. The van der Waals surface area contributed by atoms with Gasteiger partial charge in [0.2, 0.25) is 10.0 Å².